The largest absolute Gasteiger partial charge is 0.394 e. The van der Waals surface area contributed by atoms with E-state index in [2.05, 4.69) is 55.6 Å². The van der Waals surface area contributed by atoms with Gasteiger partial charge in [0.1, 0.15) is 24.4 Å². The van der Waals surface area contributed by atoms with Crippen molar-refractivity contribution in [3.05, 3.63) is 36.5 Å². The molecule has 0 spiro atoms. The van der Waals surface area contributed by atoms with Crippen LogP contribution in [0.2, 0.25) is 0 Å². The first-order chi connectivity index (χ1) is 32.3. The van der Waals surface area contributed by atoms with Crippen molar-refractivity contribution < 1.29 is 39.8 Å². The maximum absolute atomic E-state index is 13.1. The molecule has 6 N–H and O–H groups in total. The van der Waals surface area contributed by atoms with Gasteiger partial charge in [0.05, 0.1) is 25.4 Å². The molecule has 1 heterocycles. The first-order valence-electron chi connectivity index (χ1n) is 28.2. The first-order valence-corrected chi connectivity index (χ1v) is 28.2. The van der Waals surface area contributed by atoms with E-state index in [9.17, 15) is 30.3 Å². The normalized spacial score (nSPS) is 20.0. The van der Waals surface area contributed by atoms with Gasteiger partial charge in [-0.05, 0) is 51.4 Å². The van der Waals surface area contributed by atoms with Crippen LogP contribution in [-0.4, -0.2) is 87.5 Å². The Bertz CT molecular complexity index is 1130. The zero-order valence-corrected chi connectivity index (χ0v) is 43.0. The summed E-state index contributed by atoms with van der Waals surface area (Å²) in [5, 5.41) is 54.6. The van der Waals surface area contributed by atoms with E-state index in [0.717, 1.165) is 51.4 Å². The maximum atomic E-state index is 13.1. The molecular weight excluding hydrogens is 827 g/mol. The van der Waals surface area contributed by atoms with E-state index in [1.165, 1.54) is 186 Å². The van der Waals surface area contributed by atoms with E-state index in [-0.39, 0.29) is 12.5 Å². The minimum absolute atomic E-state index is 0.138. The molecule has 66 heavy (non-hydrogen) atoms. The van der Waals surface area contributed by atoms with Crippen LogP contribution in [0.3, 0.4) is 0 Å². The van der Waals surface area contributed by atoms with Crippen LogP contribution in [0.4, 0.5) is 0 Å². The van der Waals surface area contributed by atoms with Crippen LogP contribution in [0.25, 0.3) is 0 Å². The molecule has 1 saturated heterocycles. The maximum Gasteiger partial charge on any atom is 0.220 e. The van der Waals surface area contributed by atoms with Crippen LogP contribution in [-0.2, 0) is 14.3 Å². The summed E-state index contributed by atoms with van der Waals surface area (Å²) in [6, 6.07) is -0.721. The molecule has 9 heteroatoms. The Morgan fingerprint density at radius 2 is 0.894 bits per heavy atom. The Kier molecular flexibility index (Phi) is 44.6. The van der Waals surface area contributed by atoms with Crippen LogP contribution < -0.4 is 5.32 Å². The molecule has 0 aromatic carbocycles. The number of hydrogen-bond donors (Lipinski definition) is 6. The van der Waals surface area contributed by atoms with Crippen molar-refractivity contribution in [3.63, 3.8) is 0 Å². The molecule has 9 nitrogen and oxygen atoms in total. The van der Waals surface area contributed by atoms with Crippen LogP contribution in [0, 0.1) is 0 Å². The van der Waals surface area contributed by atoms with Crippen molar-refractivity contribution in [1.82, 2.24) is 5.32 Å². The third kappa shape index (κ3) is 36.4. The quantitative estimate of drug-likeness (QED) is 0.0261. The fraction of sp³-hybridized carbons (Fsp3) is 0.877. The molecule has 0 aliphatic carbocycles. The standard InChI is InChI=1S/C57H107NO8/c1-3-5-7-9-11-13-15-17-19-21-23-24-25-26-27-28-29-31-33-35-37-39-41-43-45-47-53(61)58-50(49-65-57-56(64)55(63)54(62)52(48-59)66-57)51(60)46-44-42-40-38-36-34-32-30-22-20-18-16-14-12-10-8-6-4-2/h15,17,21,23,25-26,50-52,54-57,59-60,62-64H,3-14,16,18-20,22,24,27-49H2,1-2H3,(H,58,61)/b17-15-,23-21-,26-25-. The highest BCUT2D eigenvalue weighted by molar-refractivity contribution is 5.76. The summed E-state index contributed by atoms with van der Waals surface area (Å²) < 4.78 is 11.3. The summed E-state index contributed by atoms with van der Waals surface area (Å²) in [6.07, 6.45) is 53.0. The van der Waals surface area contributed by atoms with Gasteiger partial charge in [0.25, 0.3) is 0 Å². The molecule has 7 atom stereocenters. The number of unbranched alkanes of at least 4 members (excludes halogenated alkanes) is 32. The molecule has 0 saturated carbocycles. The first kappa shape index (κ1) is 62.4. The molecule has 7 unspecified atom stereocenters. The number of hydrogen-bond acceptors (Lipinski definition) is 8. The third-order valence-corrected chi connectivity index (χ3v) is 13.5. The number of allylic oxidation sites excluding steroid dienone is 6. The average molecular weight is 934 g/mol. The van der Waals surface area contributed by atoms with E-state index in [4.69, 9.17) is 9.47 Å². The lowest BCUT2D eigenvalue weighted by Gasteiger charge is -2.40. The Labute approximate surface area is 406 Å². The van der Waals surface area contributed by atoms with Crippen LogP contribution in [0.1, 0.15) is 264 Å². The number of rotatable bonds is 48. The molecule has 1 rings (SSSR count). The predicted molar refractivity (Wildman–Crippen MR) is 276 cm³/mol. The van der Waals surface area contributed by atoms with Crippen molar-refractivity contribution in [3.8, 4) is 0 Å². The zero-order valence-electron chi connectivity index (χ0n) is 43.0. The van der Waals surface area contributed by atoms with Crippen molar-refractivity contribution in [1.29, 1.82) is 0 Å². The summed E-state index contributed by atoms with van der Waals surface area (Å²) >= 11 is 0. The monoisotopic (exact) mass is 934 g/mol. The number of amides is 1. The second-order valence-corrected chi connectivity index (χ2v) is 19.7. The second-order valence-electron chi connectivity index (χ2n) is 19.7. The van der Waals surface area contributed by atoms with E-state index in [1.807, 2.05) is 0 Å². The number of ether oxygens (including phenoxy) is 2. The number of carbonyl (C=O) groups is 1. The Morgan fingerprint density at radius 3 is 1.32 bits per heavy atom. The predicted octanol–water partition coefficient (Wildman–Crippen LogP) is 13.6. The van der Waals surface area contributed by atoms with Gasteiger partial charge in [0, 0.05) is 6.42 Å². The molecule has 388 valence electrons. The SMILES string of the molecule is CCCCCCC/C=C\C/C=C\C/C=C\CCCCCCCCCCCCC(=O)NC(COC1OC(CO)C(O)C(O)C1O)C(O)CCCCCCCCCCCCCCCCCCCC. The molecule has 1 amide bonds. The molecule has 0 bridgehead atoms. The molecule has 1 aliphatic rings. The van der Waals surface area contributed by atoms with Crippen molar-refractivity contribution in [2.45, 2.75) is 307 Å². The highest BCUT2D eigenvalue weighted by Gasteiger charge is 2.44. The summed E-state index contributed by atoms with van der Waals surface area (Å²) in [4.78, 5) is 13.1. The fourth-order valence-corrected chi connectivity index (χ4v) is 8.99. The van der Waals surface area contributed by atoms with Gasteiger partial charge >= 0.3 is 0 Å². The Morgan fingerprint density at radius 1 is 0.515 bits per heavy atom. The summed E-state index contributed by atoms with van der Waals surface area (Å²) in [5.74, 6) is -0.146. The van der Waals surface area contributed by atoms with Crippen LogP contribution in [0.15, 0.2) is 36.5 Å². The second kappa shape index (κ2) is 47.1. The zero-order chi connectivity index (χ0) is 48.0. The van der Waals surface area contributed by atoms with Crippen molar-refractivity contribution in [2.24, 2.45) is 0 Å². The number of nitrogens with one attached hydrogen (secondary N) is 1. The summed E-state index contributed by atoms with van der Waals surface area (Å²) in [6.45, 7) is 3.85. The number of aliphatic hydroxyl groups excluding tert-OH is 5. The summed E-state index contributed by atoms with van der Waals surface area (Å²) in [7, 11) is 0. The van der Waals surface area contributed by atoms with Gasteiger partial charge < -0.3 is 40.3 Å². The van der Waals surface area contributed by atoms with Crippen LogP contribution >= 0.6 is 0 Å². The number of aliphatic hydroxyl groups is 5. The van der Waals surface area contributed by atoms with Gasteiger partial charge in [0.2, 0.25) is 5.91 Å². The lowest BCUT2D eigenvalue weighted by molar-refractivity contribution is -0.302. The van der Waals surface area contributed by atoms with Gasteiger partial charge in [-0.3, -0.25) is 4.79 Å². The molecule has 0 aromatic rings. The van der Waals surface area contributed by atoms with E-state index < -0.39 is 49.5 Å². The smallest absolute Gasteiger partial charge is 0.220 e. The average Bonchev–Trinajstić information content (AvgIpc) is 3.32. The highest BCUT2D eigenvalue weighted by atomic mass is 16.7. The molecular formula is C57H107NO8. The Hall–Kier alpha value is -1.59. The van der Waals surface area contributed by atoms with Gasteiger partial charge in [-0.1, -0.05) is 243 Å². The van der Waals surface area contributed by atoms with Crippen LogP contribution in [0.5, 0.6) is 0 Å². The minimum Gasteiger partial charge on any atom is -0.394 e. The highest BCUT2D eigenvalue weighted by Crippen LogP contribution is 2.23. The van der Waals surface area contributed by atoms with E-state index >= 15 is 0 Å². The minimum atomic E-state index is -1.55. The third-order valence-electron chi connectivity index (χ3n) is 13.5. The number of carbonyl (C=O) groups excluding carboxylic acids is 1. The topological polar surface area (TPSA) is 149 Å². The molecule has 1 aliphatic heterocycles. The molecule has 0 radical (unpaired) electrons. The van der Waals surface area contributed by atoms with Gasteiger partial charge in [0.15, 0.2) is 6.29 Å². The van der Waals surface area contributed by atoms with E-state index in [0.29, 0.717) is 12.8 Å². The summed E-state index contributed by atoms with van der Waals surface area (Å²) in [5.41, 5.74) is 0. The lowest BCUT2D eigenvalue weighted by atomic mass is 9.99. The fourth-order valence-electron chi connectivity index (χ4n) is 8.99. The molecule has 1 fully saturated rings. The van der Waals surface area contributed by atoms with Crippen molar-refractivity contribution in [2.75, 3.05) is 13.2 Å². The van der Waals surface area contributed by atoms with Gasteiger partial charge in [-0.15, -0.1) is 0 Å². The van der Waals surface area contributed by atoms with Gasteiger partial charge in [-0.2, -0.15) is 0 Å². The van der Waals surface area contributed by atoms with E-state index in [1.54, 1.807) is 0 Å². The Balaban J connectivity index is 2.22. The van der Waals surface area contributed by atoms with Crippen molar-refractivity contribution >= 4 is 5.91 Å². The molecule has 0 aromatic heterocycles. The lowest BCUT2D eigenvalue weighted by Crippen LogP contribution is -2.60. The van der Waals surface area contributed by atoms with Gasteiger partial charge in [-0.25, -0.2) is 0 Å².